The summed E-state index contributed by atoms with van der Waals surface area (Å²) in [7, 11) is 1.56. The van der Waals surface area contributed by atoms with Crippen LogP contribution < -0.4 is 5.32 Å². The van der Waals surface area contributed by atoms with Gasteiger partial charge in [0, 0.05) is 33.2 Å². The van der Waals surface area contributed by atoms with Crippen molar-refractivity contribution in [1.82, 2.24) is 15.1 Å². The minimum atomic E-state index is -0.902. The van der Waals surface area contributed by atoms with E-state index >= 15 is 0 Å². The van der Waals surface area contributed by atoms with Gasteiger partial charge in [-0.25, -0.2) is 0 Å². The van der Waals surface area contributed by atoms with E-state index in [0.717, 1.165) is 13.1 Å². The normalized spacial score (nSPS) is 16.2. The third-order valence-corrected chi connectivity index (χ3v) is 3.19. The standard InChI is InChI=1S/C12H19N3O2/c1-5-10(16)14(4)12(2,3)11(17)15-8-6-13-7-9-15/h1,13H,6-9H2,2-4H3. The Morgan fingerprint density at radius 1 is 1.35 bits per heavy atom. The Balaban J connectivity index is 2.78. The molecule has 0 radical (unpaired) electrons. The first-order chi connectivity index (χ1) is 7.91. The van der Waals surface area contributed by atoms with Crippen LogP contribution in [0.2, 0.25) is 0 Å². The Morgan fingerprint density at radius 2 is 1.88 bits per heavy atom. The molecular weight excluding hydrogens is 218 g/mol. The van der Waals surface area contributed by atoms with Crippen molar-refractivity contribution in [2.45, 2.75) is 19.4 Å². The predicted molar refractivity (Wildman–Crippen MR) is 65.1 cm³/mol. The monoisotopic (exact) mass is 237 g/mol. The molecule has 1 aliphatic rings. The molecule has 0 unspecified atom stereocenters. The molecule has 0 atom stereocenters. The molecule has 0 bridgehead atoms. The maximum absolute atomic E-state index is 12.3. The predicted octanol–water partition coefficient (Wildman–Crippen LogP) is -0.712. The van der Waals surface area contributed by atoms with Gasteiger partial charge in [0.2, 0.25) is 5.91 Å². The highest BCUT2D eigenvalue weighted by Crippen LogP contribution is 2.16. The molecule has 0 aromatic carbocycles. The molecule has 17 heavy (non-hydrogen) atoms. The highest BCUT2D eigenvalue weighted by molar-refractivity contribution is 5.98. The number of nitrogens with zero attached hydrogens (tertiary/aromatic N) is 2. The Morgan fingerprint density at radius 3 is 2.35 bits per heavy atom. The lowest BCUT2D eigenvalue weighted by molar-refractivity contribution is -0.148. The molecule has 5 heteroatoms. The van der Waals surface area contributed by atoms with Gasteiger partial charge in [0.05, 0.1) is 0 Å². The third kappa shape index (κ3) is 2.77. The first-order valence-electron chi connectivity index (χ1n) is 5.65. The number of rotatable bonds is 2. The van der Waals surface area contributed by atoms with Gasteiger partial charge in [-0.2, -0.15) is 0 Å². The summed E-state index contributed by atoms with van der Waals surface area (Å²) in [6.07, 6.45) is 5.07. The molecule has 1 saturated heterocycles. The quantitative estimate of drug-likeness (QED) is 0.645. The van der Waals surface area contributed by atoms with Gasteiger partial charge >= 0.3 is 0 Å². The third-order valence-electron chi connectivity index (χ3n) is 3.19. The minimum absolute atomic E-state index is 0.0647. The second-order valence-electron chi connectivity index (χ2n) is 4.61. The van der Waals surface area contributed by atoms with Crippen LogP contribution in [0.5, 0.6) is 0 Å². The Bertz CT molecular complexity index is 351. The van der Waals surface area contributed by atoms with E-state index in [-0.39, 0.29) is 5.91 Å². The van der Waals surface area contributed by atoms with E-state index in [0.29, 0.717) is 13.1 Å². The number of hydrogen-bond acceptors (Lipinski definition) is 3. The van der Waals surface area contributed by atoms with Gasteiger partial charge in [-0.05, 0) is 19.8 Å². The number of hydrogen-bond donors (Lipinski definition) is 1. The molecule has 1 fully saturated rings. The van der Waals surface area contributed by atoms with E-state index in [9.17, 15) is 9.59 Å². The fourth-order valence-corrected chi connectivity index (χ4v) is 1.75. The first kappa shape index (κ1) is 13.5. The van der Waals surface area contributed by atoms with Crippen molar-refractivity contribution in [2.24, 2.45) is 0 Å². The fourth-order valence-electron chi connectivity index (χ4n) is 1.75. The largest absolute Gasteiger partial charge is 0.338 e. The molecule has 1 N–H and O–H groups in total. The highest BCUT2D eigenvalue weighted by atomic mass is 16.2. The van der Waals surface area contributed by atoms with Gasteiger partial charge in [0.25, 0.3) is 5.91 Å². The summed E-state index contributed by atoms with van der Waals surface area (Å²) < 4.78 is 0. The average Bonchev–Trinajstić information content (AvgIpc) is 2.36. The number of piperazine rings is 1. The lowest BCUT2D eigenvalue weighted by atomic mass is 10.0. The number of nitrogens with one attached hydrogen (secondary N) is 1. The molecule has 1 aliphatic heterocycles. The average molecular weight is 237 g/mol. The fraction of sp³-hybridized carbons (Fsp3) is 0.667. The van der Waals surface area contributed by atoms with Crippen LogP contribution in [0.4, 0.5) is 0 Å². The molecule has 0 aromatic heterocycles. The summed E-state index contributed by atoms with van der Waals surface area (Å²) in [6, 6.07) is 0. The molecular formula is C12H19N3O2. The summed E-state index contributed by atoms with van der Waals surface area (Å²) in [5.74, 6) is 1.49. The smallest absolute Gasteiger partial charge is 0.298 e. The van der Waals surface area contributed by atoms with Crippen molar-refractivity contribution in [3.05, 3.63) is 0 Å². The summed E-state index contributed by atoms with van der Waals surface area (Å²) in [4.78, 5) is 26.8. The van der Waals surface area contributed by atoms with E-state index in [1.54, 1.807) is 25.8 Å². The van der Waals surface area contributed by atoms with Crippen molar-refractivity contribution in [3.63, 3.8) is 0 Å². The molecule has 2 amide bonds. The van der Waals surface area contributed by atoms with Crippen LogP contribution in [0.1, 0.15) is 13.8 Å². The molecule has 0 aliphatic carbocycles. The second-order valence-corrected chi connectivity index (χ2v) is 4.61. The maximum Gasteiger partial charge on any atom is 0.298 e. The summed E-state index contributed by atoms with van der Waals surface area (Å²) in [6.45, 7) is 6.34. The molecule has 0 aromatic rings. The van der Waals surface area contributed by atoms with Crippen LogP contribution in [0.25, 0.3) is 0 Å². The highest BCUT2D eigenvalue weighted by Gasteiger charge is 2.38. The van der Waals surface area contributed by atoms with Crippen LogP contribution in [-0.2, 0) is 9.59 Å². The van der Waals surface area contributed by atoms with Gasteiger partial charge < -0.3 is 15.1 Å². The van der Waals surface area contributed by atoms with Gasteiger partial charge in [-0.15, -0.1) is 6.42 Å². The lowest BCUT2D eigenvalue weighted by Crippen LogP contribution is -2.59. The van der Waals surface area contributed by atoms with Crippen LogP contribution in [0.3, 0.4) is 0 Å². The van der Waals surface area contributed by atoms with Crippen molar-refractivity contribution in [2.75, 3.05) is 33.2 Å². The van der Waals surface area contributed by atoms with E-state index in [1.807, 2.05) is 5.92 Å². The summed E-state index contributed by atoms with van der Waals surface area (Å²) >= 11 is 0. The van der Waals surface area contributed by atoms with Gasteiger partial charge in [0.15, 0.2) is 0 Å². The second kappa shape index (κ2) is 5.19. The number of terminal acetylenes is 1. The van der Waals surface area contributed by atoms with Crippen LogP contribution in [-0.4, -0.2) is 60.4 Å². The van der Waals surface area contributed by atoms with Gasteiger partial charge in [0.1, 0.15) is 5.54 Å². The molecule has 1 heterocycles. The molecule has 0 saturated carbocycles. The number of carbonyl (C=O) groups excluding carboxylic acids is 2. The summed E-state index contributed by atoms with van der Waals surface area (Å²) in [5, 5.41) is 3.18. The van der Waals surface area contributed by atoms with E-state index in [2.05, 4.69) is 5.32 Å². The zero-order chi connectivity index (χ0) is 13.1. The number of carbonyl (C=O) groups is 2. The van der Waals surface area contributed by atoms with Crippen molar-refractivity contribution in [3.8, 4) is 12.3 Å². The molecule has 0 spiro atoms. The van der Waals surface area contributed by atoms with E-state index in [4.69, 9.17) is 6.42 Å². The minimum Gasteiger partial charge on any atom is -0.338 e. The van der Waals surface area contributed by atoms with Crippen molar-refractivity contribution >= 4 is 11.8 Å². The Hall–Kier alpha value is -1.54. The topological polar surface area (TPSA) is 52.7 Å². The maximum atomic E-state index is 12.3. The Labute approximate surface area is 102 Å². The van der Waals surface area contributed by atoms with Crippen LogP contribution in [0, 0.1) is 12.3 Å². The SMILES string of the molecule is C#CC(=O)N(C)C(C)(C)C(=O)N1CCNCC1. The van der Waals surface area contributed by atoms with Crippen LogP contribution >= 0.6 is 0 Å². The lowest BCUT2D eigenvalue weighted by Gasteiger charge is -2.39. The van der Waals surface area contributed by atoms with Gasteiger partial charge in [-0.3, -0.25) is 9.59 Å². The van der Waals surface area contributed by atoms with E-state index < -0.39 is 11.4 Å². The Kier molecular flexibility index (Phi) is 4.13. The van der Waals surface area contributed by atoms with Crippen LogP contribution in [0.15, 0.2) is 0 Å². The molecule has 94 valence electrons. The zero-order valence-electron chi connectivity index (χ0n) is 10.6. The number of likely N-dealkylation sites (N-methyl/N-ethyl adjacent to an activating group) is 1. The van der Waals surface area contributed by atoms with Crippen molar-refractivity contribution in [1.29, 1.82) is 0 Å². The van der Waals surface area contributed by atoms with Gasteiger partial charge in [-0.1, -0.05) is 0 Å². The van der Waals surface area contributed by atoms with Crippen molar-refractivity contribution < 1.29 is 9.59 Å². The zero-order valence-corrected chi connectivity index (χ0v) is 10.6. The summed E-state index contributed by atoms with van der Waals surface area (Å²) in [5.41, 5.74) is -0.902. The molecule has 5 nitrogen and oxygen atoms in total. The van der Waals surface area contributed by atoms with E-state index in [1.165, 1.54) is 4.90 Å². The number of amides is 2. The first-order valence-corrected chi connectivity index (χ1v) is 5.65. The molecule has 1 rings (SSSR count).